The molecule has 1 saturated heterocycles. The molecule has 1 spiro atoms. The molecule has 0 unspecified atom stereocenters. The number of alkyl halides is 3. The Hall–Kier alpha value is -1.35. The van der Waals surface area contributed by atoms with Crippen molar-refractivity contribution in [3.63, 3.8) is 0 Å². The Morgan fingerprint density at radius 1 is 1.09 bits per heavy atom. The first-order chi connectivity index (χ1) is 16.7. The van der Waals surface area contributed by atoms with Crippen LogP contribution in [0.1, 0.15) is 63.0 Å². The van der Waals surface area contributed by atoms with Crippen LogP contribution in [0.15, 0.2) is 53.4 Å². The Morgan fingerprint density at radius 2 is 1.77 bits per heavy atom. The van der Waals surface area contributed by atoms with Crippen LogP contribution in [0.2, 0.25) is 0 Å². The number of carbonyl (C=O) groups is 1. The van der Waals surface area contributed by atoms with Gasteiger partial charge < -0.3 is 4.90 Å². The van der Waals surface area contributed by atoms with Gasteiger partial charge in [0.2, 0.25) is 0 Å². The van der Waals surface area contributed by atoms with Gasteiger partial charge in [0.1, 0.15) is 0 Å². The van der Waals surface area contributed by atoms with E-state index < -0.39 is 3.93 Å². The van der Waals surface area contributed by atoms with Crippen LogP contribution in [-0.2, 0) is 9.34 Å². The Morgan fingerprint density at radius 3 is 2.34 bits per heavy atom. The number of halogens is 3. The van der Waals surface area contributed by atoms with Crippen LogP contribution in [0.5, 0.6) is 0 Å². The van der Waals surface area contributed by atoms with Gasteiger partial charge in [-0.25, -0.2) is 4.79 Å². The summed E-state index contributed by atoms with van der Waals surface area (Å²) in [6.45, 7) is 3.81. The summed E-state index contributed by atoms with van der Waals surface area (Å²) in [5.74, 6) is 0.582. The number of benzene rings is 2. The van der Waals surface area contributed by atoms with E-state index in [4.69, 9.17) is 0 Å². The van der Waals surface area contributed by atoms with Crippen LogP contribution < -0.4 is 4.90 Å². The minimum absolute atomic E-state index is 0.0184. The Kier molecular flexibility index (Phi) is 6.87. The van der Waals surface area contributed by atoms with Crippen LogP contribution in [0, 0.1) is 5.92 Å². The van der Waals surface area contributed by atoms with Crippen molar-refractivity contribution >= 4 is 46.1 Å². The zero-order valence-corrected chi connectivity index (χ0v) is 23.4. The van der Waals surface area contributed by atoms with E-state index in [0.29, 0.717) is 12.5 Å². The molecule has 2 saturated carbocycles. The second-order valence-corrected chi connectivity index (χ2v) is 13.0. The lowest BCUT2D eigenvalue weighted by atomic mass is 9.65. The largest absolute Gasteiger partial charge is 0.325 e. The highest BCUT2D eigenvalue weighted by molar-refractivity contribution is 14.1. The molecule has 5 rings (SSSR count). The summed E-state index contributed by atoms with van der Waals surface area (Å²) in [5.41, 5.74) is 2.04. The molecule has 2 aliphatic carbocycles. The molecule has 188 valence electrons. The summed E-state index contributed by atoms with van der Waals surface area (Å²) < 4.78 is 25.1. The average Bonchev–Trinajstić information content (AvgIpc) is 3.09. The Balaban J connectivity index is 1.45. The first-order valence-electron chi connectivity index (χ1n) is 12.6. The van der Waals surface area contributed by atoms with E-state index in [-0.39, 0.29) is 22.5 Å². The summed E-state index contributed by atoms with van der Waals surface area (Å²) in [7, 11) is 0. The van der Waals surface area contributed by atoms with Crippen LogP contribution in [0.4, 0.5) is 19.3 Å². The predicted molar refractivity (Wildman–Crippen MR) is 148 cm³/mol. The van der Waals surface area contributed by atoms with Crippen molar-refractivity contribution in [2.75, 3.05) is 24.2 Å². The molecule has 7 heteroatoms. The van der Waals surface area contributed by atoms with Crippen molar-refractivity contribution < 1.29 is 13.6 Å². The predicted octanol–water partition coefficient (Wildman–Crippen LogP) is 8.21. The second-order valence-electron chi connectivity index (χ2n) is 10.8. The molecule has 1 aliphatic heterocycles. The number of hydrogen-bond donors (Lipinski definition) is 0. The molecule has 3 fully saturated rings. The average molecular weight is 611 g/mol. The van der Waals surface area contributed by atoms with Crippen molar-refractivity contribution in [1.82, 2.24) is 4.90 Å². The van der Waals surface area contributed by atoms with E-state index in [1.165, 1.54) is 65.2 Å². The van der Waals surface area contributed by atoms with Gasteiger partial charge in [0.15, 0.2) is 0 Å². The highest BCUT2D eigenvalue weighted by atomic mass is 127. The van der Waals surface area contributed by atoms with Crippen LogP contribution in [0.3, 0.4) is 0 Å². The van der Waals surface area contributed by atoms with Crippen molar-refractivity contribution in [3.05, 3.63) is 59.7 Å². The third-order valence-electron chi connectivity index (χ3n) is 8.71. The van der Waals surface area contributed by atoms with Gasteiger partial charge in [0.25, 0.3) is 0 Å². The molecule has 0 atom stereocenters. The maximum Gasteiger partial charge on any atom is 0.325 e. The van der Waals surface area contributed by atoms with Gasteiger partial charge in [-0.15, -0.1) is 11.8 Å². The maximum atomic E-state index is 14.0. The third kappa shape index (κ3) is 4.72. The molecule has 0 bridgehead atoms. The number of anilines is 1. The highest BCUT2D eigenvalue weighted by Crippen LogP contribution is 2.50. The van der Waals surface area contributed by atoms with Gasteiger partial charge >= 0.3 is 9.96 Å². The first kappa shape index (κ1) is 25.3. The zero-order chi connectivity index (χ0) is 24.8. The monoisotopic (exact) mass is 610 g/mol. The molecular weight excluding hydrogens is 577 g/mol. The fraction of sp³-hybridized carbons (Fsp3) is 0.536. The zero-order valence-electron chi connectivity index (χ0n) is 20.4. The third-order valence-corrected chi connectivity index (χ3v) is 10.1. The topological polar surface area (TPSA) is 23.6 Å². The number of amides is 2. The smallest absolute Gasteiger partial charge is 0.317 e. The van der Waals surface area contributed by atoms with Crippen LogP contribution >= 0.6 is 34.4 Å². The van der Waals surface area contributed by atoms with Gasteiger partial charge in [-0.05, 0) is 73.8 Å². The molecule has 0 radical (unpaired) electrons. The van der Waals surface area contributed by atoms with Crippen LogP contribution in [0.25, 0.3) is 0 Å². The fourth-order valence-corrected chi connectivity index (χ4v) is 7.06. The summed E-state index contributed by atoms with van der Waals surface area (Å²) in [5, 5.41) is 0. The summed E-state index contributed by atoms with van der Waals surface area (Å²) in [4.78, 5) is 18.7. The maximum absolute atomic E-state index is 14.0. The molecule has 35 heavy (non-hydrogen) atoms. The molecule has 0 aromatic heterocycles. The van der Waals surface area contributed by atoms with Crippen molar-refractivity contribution in [1.29, 1.82) is 0 Å². The summed E-state index contributed by atoms with van der Waals surface area (Å²) in [6, 6.07) is 15.5. The Bertz CT molecular complexity index is 1080. The van der Waals surface area contributed by atoms with Gasteiger partial charge in [-0.3, -0.25) is 4.90 Å². The standard InChI is InChI=1S/C28H33F2IN2OS/c1-26(21-9-4-3-5-10-21)13-15-27(16-14-26)19-32(25(34)33(27)18-20-7-6-8-20)23-12-11-22(28(29,30)31)17-24(23)35-2/h3-5,9-12,17,20H,6-8,13-16,18-19H2,1-2H3. The molecule has 2 aromatic rings. The lowest BCUT2D eigenvalue weighted by Crippen LogP contribution is -2.53. The molecule has 2 aromatic carbocycles. The fourth-order valence-electron chi connectivity index (χ4n) is 6.09. The van der Waals surface area contributed by atoms with Crippen LogP contribution in [-0.4, -0.2) is 35.8 Å². The van der Waals surface area contributed by atoms with Gasteiger partial charge in [0.05, 0.1) is 17.8 Å². The number of carbonyl (C=O) groups excluding carboxylic acids is 1. The molecule has 3 nitrogen and oxygen atoms in total. The van der Waals surface area contributed by atoms with E-state index in [9.17, 15) is 13.6 Å². The number of nitrogens with zero attached hydrogens (tertiary/aromatic N) is 2. The number of rotatable bonds is 6. The van der Waals surface area contributed by atoms with E-state index in [2.05, 4.69) is 42.2 Å². The minimum Gasteiger partial charge on any atom is -0.317 e. The van der Waals surface area contributed by atoms with Crippen molar-refractivity contribution in [2.45, 2.75) is 71.6 Å². The number of hydrogen-bond acceptors (Lipinski definition) is 2. The molecular formula is C28H33F2IN2OS. The SMILES string of the molecule is CSc1cc(C(F)(F)I)ccc1N1CC2(CCC(C)(c3ccccc3)CC2)N(CC2CCC2)C1=O. The quantitative estimate of drug-likeness (QED) is 0.187. The van der Waals surface area contributed by atoms with E-state index >= 15 is 0 Å². The molecule has 1 heterocycles. The van der Waals surface area contributed by atoms with E-state index in [1.54, 1.807) is 12.1 Å². The lowest BCUT2D eigenvalue weighted by molar-refractivity contribution is 0.0695. The number of thioether (sulfide) groups is 1. The van der Waals surface area contributed by atoms with E-state index in [0.717, 1.165) is 42.8 Å². The van der Waals surface area contributed by atoms with Gasteiger partial charge in [-0.2, -0.15) is 8.78 Å². The summed E-state index contributed by atoms with van der Waals surface area (Å²) in [6.07, 6.45) is 9.52. The highest BCUT2D eigenvalue weighted by Gasteiger charge is 2.54. The van der Waals surface area contributed by atoms with Gasteiger partial charge in [0, 0.05) is 39.6 Å². The van der Waals surface area contributed by atoms with E-state index in [1.807, 2.05) is 11.2 Å². The first-order valence-corrected chi connectivity index (χ1v) is 14.9. The Labute approximate surface area is 225 Å². The molecule has 0 N–H and O–H groups in total. The normalized spacial score (nSPS) is 27.5. The lowest BCUT2D eigenvalue weighted by Gasteiger charge is -2.48. The minimum atomic E-state index is -2.93. The molecule has 3 aliphatic rings. The van der Waals surface area contributed by atoms with Crippen molar-refractivity contribution in [2.24, 2.45) is 5.92 Å². The number of urea groups is 1. The summed E-state index contributed by atoms with van der Waals surface area (Å²) >= 11 is 2.60. The second kappa shape index (κ2) is 9.51. The van der Waals surface area contributed by atoms with Gasteiger partial charge in [-0.1, -0.05) is 49.7 Å². The molecule has 2 amide bonds. The van der Waals surface area contributed by atoms with Crippen molar-refractivity contribution in [3.8, 4) is 0 Å².